The smallest absolute Gasteiger partial charge is 0.289 e. The first-order chi connectivity index (χ1) is 7.72. The maximum absolute atomic E-state index is 12.1. The Morgan fingerprint density at radius 2 is 2.25 bits per heavy atom. The average molecular weight is 262 g/mol. The number of hydrogen-bond acceptors (Lipinski definition) is 2. The molecule has 0 atom stereocenters. The molecule has 0 spiro atoms. The Kier molecular flexibility index (Phi) is 3.77. The number of rotatable bonds is 4. The summed E-state index contributed by atoms with van der Waals surface area (Å²) in [5.41, 5.74) is 0. The van der Waals surface area contributed by atoms with Crippen LogP contribution in [0.25, 0.3) is 0 Å². The highest BCUT2D eigenvalue weighted by Crippen LogP contribution is 2.27. The normalized spacial score (nSPS) is 15.9. The van der Waals surface area contributed by atoms with Crippen molar-refractivity contribution in [1.29, 1.82) is 0 Å². The number of carbonyl (C=O) groups excluding carboxylic acids is 1. The molecule has 1 fully saturated rings. The molecule has 1 amide bonds. The summed E-state index contributed by atoms with van der Waals surface area (Å²) in [7, 11) is 0. The highest BCUT2D eigenvalue weighted by Gasteiger charge is 2.30. The first-order valence-corrected chi connectivity index (χ1v) is 6.26. The second-order valence-corrected chi connectivity index (χ2v) is 4.63. The SMILES string of the molecule is O=C(c1ccc(Cl)o1)N(CCCl)C1CCC1. The monoisotopic (exact) mass is 261 g/mol. The van der Waals surface area contributed by atoms with Gasteiger partial charge in [-0.3, -0.25) is 4.79 Å². The maximum atomic E-state index is 12.1. The summed E-state index contributed by atoms with van der Waals surface area (Å²) in [6, 6.07) is 3.49. The third-order valence-electron chi connectivity index (χ3n) is 2.89. The Bertz CT molecular complexity index is 374. The molecule has 5 heteroatoms. The molecule has 0 aromatic carbocycles. The molecule has 88 valence electrons. The molecule has 1 aromatic rings. The zero-order valence-corrected chi connectivity index (χ0v) is 10.3. The number of furan rings is 1. The van der Waals surface area contributed by atoms with Gasteiger partial charge in [0, 0.05) is 18.5 Å². The fourth-order valence-corrected chi connectivity index (χ4v) is 2.14. The van der Waals surface area contributed by atoms with Crippen molar-refractivity contribution in [3.8, 4) is 0 Å². The molecular formula is C11H13Cl2NO2. The van der Waals surface area contributed by atoms with Crippen molar-refractivity contribution in [1.82, 2.24) is 4.90 Å². The van der Waals surface area contributed by atoms with Crippen molar-refractivity contribution < 1.29 is 9.21 Å². The molecule has 2 rings (SSSR count). The molecule has 0 unspecified atom stereocenters. The second kappa shape index (κ2) is 5.11. The lowest BCUT2D eigenvalue weighted by atomic mass is 9.91. The van der Waals surface area contributed by atoms with Crippen LogP contribution < -0.4 is 0 Å². The summed E-state index contributed by atoms with van der Waals surface area (Å²) < 4.78 is 5.12. The lowest BCUT2D eigenvalue weighted by Crippen LogP contribution is -2.45. The first-order valence-electron chi connectivity index (χ1n) is 5.34. The fraction of sp³-hybridized carbons (Fsp3) is 0.545. The van der Waals surface area contributed by atoms with Crippen LogP contribution in [0.5, 0.6) is 0 Å². The van der Waals surface area contributed by atoms with E-state index in [1.54, 1.807) is 17.0 Å². The Morgan fingerprint density at radius 3 is 2.69 bits per heavy atom. The molecular weight excluding hydrogens is 249 g/mol. The van der Waals surface area contributed by atoms with Gasteiger partial charge in [-0.1, -0.05) is 0 Å². The minimum atomic E-state index is -0.114. The molecule has 16 heavy (non-hydrogen) atoms. The lowest BCUT2D eigenvalue weighted by molar-refractivity contribution is 0.0566. The highest BCUT2D eigenvalue weighted by atomic mass is 35.5. The molecule has 0 radical (unpaired) electrons. The van der Waals surface area contributed by atoms with Gasteiger partial charge in [0.15, 0.2) is 11.0 Å². The highest BCUT2D eigenvalue weighted by molar-refractivity contribution is 6.29. The van der Waals surface area contributed by atoms with Gasteiger partial charge in [-0.05, 0) is 43.0 Å². The van der Waals surface area contributed by atoms with Crippen LogP contribution in [-0.4, -0.2) is 29.3 Å². The van der Waals surface area contributed by atoms with Gasteiger partial charge < -0.3 is 9.32 Å². The van der Waals surface area contributed by atoms with Crippen molar-refractivity contribution in [2.75, 3.05) is 12.4 Å². The number of carbonyl (C=O) groups is 1. The molecule has 0 aliphatic heterocycles. The van der Waals surface area contributed by atoms with Gasteiger partial charge in [0.1, 0.15) is 0 Å². The predicted octanol–water partition coefficient (Wildman–Crippen LogP) is 3.17. The van der Waals surface area contributed by atoms with E-state index in [1.807, 2.05) is 0 Å². The first kappa shape index (κ1) is 11.8. The van der Waals surface area contributed by atoms with E-state index in [1.165, 1.54) is 6.42 Å². The van der Waals surface area contributed by atoms with E-state index < -0.39 is 0 Å². The van der Waals surface area contributed by atoms with E-state index in [0.717, 1.165) is 12.8 Å². The van der Waals surface area contributed by atoms with Crippen LogP contribution in [0.1, 0.15) is 29.8 Å². The minimum Gasteiger partial charge on any atom is -0.440 e. The Morgan fingerprint density at radius 1 is 1.50 bits per heavy atom. The topological polar surface area (TPSA) is 33.5 Å². The largest absolute Gasteiger partial charge is 0.440 e. The van der Waals surface area contributed by atoms with E-state index in [4.69, 9.17) is 27.6 Å². The molecule has 0 N–H and O–H groups in total. The number of alkyl halides is 1. The molecule has 1 aliphatic rings. The van der Waals surface area contributed by atoms with Gasteiger partial charge in [0.2, 0.25) is 0 Å². The van der Waals surface area contributed by atoms with Crippen LogP contribution >= 0.6 is 23.2 Å². The van der Waals surface area contributed by atoms with Crippen LogP contribution in [0.3, 0.4) is 0 Å². The Balaban J connectivity index is 2.09. The van der Waals surface area contributed by atoms with Crippen LogP contribution in [0.2, 0.25) is 5.22 Å². The third kappa shape index (κ3) is 2.36. The quantitative estimate of drug-likeness (QED) is 0.781. The molecule has 3 nitrogen and oxygen atoms in total. The zero-order chi connectivity index (χ0) is 11.5. The molecule has 0 bridgehead atoms. The Hall–Kier alpha value is -0.670. The number of nitrogens with zero attached hydrogens (tertiary/aromatic N) is 1. The molecule has 1 aliphatic carbocycles. The van der Waals surface area contributed by atoms with Gasteiger partial charge >= 0.3 is 0 Å². The summed E-state index contributed by atoms with van der Waals surface area (Å²) in [5, 5.41) is 0.239. The van der Waals surface area contributed by atoms with Crippen molar-refractivity contribution >= 4 is 29.1 Å². The van der Waals surface area contributed by atoms with E-state index in [9.17, 15) is 4.79 Å². The Labute approximate surface area is 104 Å². The lowest BCUT2D eigenvalue weighted by Gasteiger charge is -2.36. The van der Waals surface area contributed by atoms with Crippen LogP contribution in [0, 0.1) is 0 Å². The van der Waals surface area contributed by atoms with Crippen LogP contribution in [0.15, 0.2) is 16.5 Å². The fourth-order valence-electron chi connectivity index (χ4n) is 1.81. The van der Waals surface area contributed by atoms with Crippen LogP contribution in [0.4, 0.5) is 0 Å². The van der Waals surface area contributed by atoms with Gasteiger partial charge in [-0.2, -0.15) is 0 Å². The van der Waals surface area contributed by atoms with E-state index in [0.29, 0.717) is 24.2 Å². The van der Waals surface area contributed by atoms with Gasteiger partial charge in [-0.15, -0.1) is 11.6 Å². The average Bonchev–Trinajstić information content (AvgIpc) is 2.60. The minimum absolute atomic E-state index is 0.114. The number of halogens is 2. The molecule has 1 aromatic heterocycles. The van der Waals surface area contributed by atoms with Gasteiger partial charge in [-0.25, -0.2) is 0 Å². The zero-order valence-electron chi connectivity index (χ0n) is 8.79. The van der Waals surface area contributed by atoms with Crippen LogP contribution in [-0.2, 0) is 0 Å². The van der Waals surface area contributed by atoms with E-state index in [2.05, 4.69) is 0 Å². The van der Waals surface area contributed by atoms with Crippen molar-refractivity contribution in [2.24, 2.45) is 0 Å². The summed E-state index contributed by atoms with van der Waals surface area (Å²) in [4.78, 5) is 13.9. The maximum Gasteiger partial charge on any atom is 0.289 e. The standard InChI is InChI=1S/C11H13Cl2NO2/c12-6-7-14(8-2-1-3-8)11(15)9-4-5-10(13)16-9/h4-5,8H,1-3,6-7H2. The number of amides is 1. The van der Waals surface area contributed by atoms with Crippen molar-refractivity contribution in [3.05, 3.63) is 23.1 Å². The second-order valence-electron chi connectivity index (χ2n) is 3.88. The van der Waals surface area contributed by atoms with Crippen molar-refractivity contribution in [2.45, 2.75) is 25.3 Å². The summed E-state index contributed by atoms with van der Waals surface area (Å²) in [5.74, 6) is 0.621. The summed E-state index contributed by atoms with van der Waals surface area (Å²) in [6.07, 6.45) is 3.28. The van der Waals surface area contributed by atoms with E-state index >= 15 is 0 Å². The van der Waals surface area contributed by atoms with Crippen molar-refractivity contribution in [3.63, 3.8) is 0 Å². The molecule has 1 saturated carbocycles. The summed E-state index contributed by atoms with van der Waals surface area (Å²) in [6.45, 7) is 0.559. The van der Waals surface area contributed by atoms with E-state index in [-0.39, 0.29) is 11.1 Å². The third-order valence-corrected chi connectivity index (χ3v) is 3.26. The number of hydrogen-bond donors (Lipinski definition) is 0. The molecule has 1 heterocycles. The van der Waals surface area contributed by atoms with Gasteiger partial charge in [0.05, 0.1) is 0 Å². The predicted molar refractivity (Wildman–Crippen MR) is 63.1 cm³/mol. The van der Waals surface area contributed by atoms with Gasteiger partial charge in [0.25, 0.3) is 5.91 Å². The molecule has 0 saturated heterocycles. The summed E-state index contributed by atoms with van der Waals surface area (Å²) >= 11 is 11.4.